The fourth-order valence-corrected chi connectivity index (χ4v) is 2.69. The van der Waals surface area contributed by atoms with Crippen molar-refractivity contribution in [2.24, 2.45) is 5.73 Å². The minimum atomic E-state index is -0.201. The third kappa shape index (κ3) is 4.67. The summed E-state index contributed by atoms with van der Waals surface area (Å²) >= 11 is 0. The van der Waals surface area contributed by atoms with Gasteiger partial charge in [0, 0.05) is 5.54 Å². The van der Waals surface area contributed by atoms with E-state index in [0.29, 0.717) is 0 Å². The Morgan fingerprint density at radius 2 is 1.48 bits per heavy atom. The van der Waals surface area contributed by atoms with Gasteiger partial charge in [-0.2, -0.15) is 0 Å². The highest BCUT2D eigenvalue weighted by Gasteiger charge is 2.22. The lowest BCUT2D eigenvalue weighted by Gasteiger charge is -2.27. The smallest absolute Gasteiger partial charge is 0.0404 e. The molecule has 0 aromatic heterocycles. The molecule has 0 fully saturated rings. The number of hydrogen-bond acceptors (Lipinski definition) is 1. The average Bonchev–Trinajstić information content (AvgIpc) is 2.58. The quantitative estimate of drug-likeness (QED) is 0.681. The first-order chi connectivity index (χ1) is 11.1. The predicted octanol–water partition coefficient (Wildman–Crippen LogP) is 5.70. The van der Waals surface area contributed by atoms with Crippen LogP contribution in [0.15, 0.2) is 60.7 Å². The summed E-state index contributed by atoms with van der Waals surface area (Å²) in [5, 5.41) is 0. The van der Waals surface area contributed by atoms with Crippen LogP contribution < -0.4 is 5.73 Å². The lowest BCUT2D eigenvalue weighted by Crippen LogP contribution is -2.34. The van der Waals surface area contributed by atoms with E-state index in [1.165, 1.54) is 22.3 Å². The molecule has 2 aromatic rings. The summed E-state index contributed by atoms with van der Waals surface area (Å²) in [7, 11) is 0. The van der Waals surface area contributed by atoms with Gasteiger partial charge in [0.2, 0.25) is 0 Å². The first-order valence-corrected chi connectivity index (χ1v) is 8.38. The molecule has 0 amide bonds. The molecule has 2 rings (SSSR count). The van der Waals surface area contributed by atoms with E-state index in [2.05, 4.69) is 93.6 Å². The van der Waals surface area contributed by atoms with Gasteiger partial charge in [-0.05, 0) is 36.5 Å². The number of aryl methyl sites for hydroxylation is 1. The standard InChI is InChI=1S/C22H27N/c1-4-22(23,5-2)21-15-13-19(14-16-21)10-6-7-11-20-12-8-9-18(3)17-20/h6-17H,4-5,23H2,1-3H3/b10-6+,11-7+. The van der Waals surface area contributed by atoms with Crippen molar-refractivity contribution in [1.82, 2.24) is 0 Å². The van der Waals surface area contributed by atoms with Crippen LogP contribution in [0, 0.1) is 6.92 Å². The molecule has 2 aromatic carbocycles. The molecule has 0 atom stereocenters. The molecule has 0 spiro atoms. The van der Waals surface area contributed by atoms with Gasteiger partial charge in [-0.3, -0.25) is 0 Å². The number of hydrogen-bond donors (Lipinski definition) is 1. The Hall–Kier alpha value is -2.12. The van der Waals surface area contributed by atoms with Gasteiger partial charge in [0.1, 0.15) is 0 Å². The molecule has 0 radical (unpaired) electrons. The van der Waals surface area contributed by atoms with Gasteiger partial charge in [0.15, 0.2) is 0 Å². The lowest BCUT2D eigenvalue weighted by molar-refractivity contribution is 0.413. The number of rotatable bonds is 6. The van der Waals surface area contributed by atoms with E-state index >= 15 is 0 Å². The van der Waals surface area contributed by atoms with Crippen LogP contribution in [0.2, 0.25) is 0 Å². The Balaban J connectivity index is 2.03. The van der Waals surface area contributed by atoms with Gasteiger partial charge in [0.25, 0.3) is 0 Å². The van der Waals surface area contributed by atoms with Crippen molar-refractivity contribution in [2.45, 2.75) is 39.2 Å². The van der Waals surface area contributed by atoms with E-state index in [0.717, 1.165) is 12.8 Å². The van der Waals surface area contributed by atoms with Crippen molar-refractivity contribution in [3.63, 3.8) is 0 Å². The lowest BCUT2D eigenvalue weighted by atomic mass is 9.85. The molecule has 0 unspecified atom stereocenters. The second-order valence-corrected chi connectivity index (χ2v) is 6.12. The molecule has 0 aliphatic carbocycles. The summed E-state index contributed by atoms with van der Waals surface area (Å²) in [6.45, 7) is 6.40. The van der Waals surface area contributed by atoms with Crippen LogP contribution in [-0.4, -0.2) is 0 Å². The predicted molar refractivity (Wildman–Crippen MR) is 102 cm³/mol. The second kappa shape index (κ2) is 7.94. The summed E-state index contributed by atoms with van der Waals surface area (Å²) < 4.78 is 0. The van der Waals surface area contributed by atoms with Gasteiger partial charge >= 0.3 is 0 Å². The van der Waals surface area contributed by atoms with E-state index < -0.39 is 0 Å². The molecule has 0 aliphatic heterocycles. The van der Waals surface area contributed by atoms with Crippen LogP contribution >= 0.6 is 0 Å². The molecule has 0 bridgehead atoms. The summed E-state index contributed by atoms with van der Waals surface area (Å²) in [4.78, 5) is 0. The molecule has 23 heavy (non-hydrogen) atoms. The number of benzene rings is 2. The third-order valence-corrected chi connectivity index (χ3v) is 4.48. The van der Waals surface area contributed by atoms with Crippen molar-refractivity contribution < 1.29 is 0 Å². The molecule has 0 saturated heterocycles. The zero-order chi connectivity index (χ0) is 16.7. The van der Waals surface area contributed by atoms with Gasteiger partial charge in [-0.15, -0.1) is 0 Å². The van der Waals surface area contributed by atoms with Crippen LogP contribution in [0.25, 0.3) is 12.2 Å². The highest BCUT2D eigenvalue weighted by molar-refractivity contribution is 5.57. The Bertz CT molecular complexity index is 673. The second-order valence-electron chi connectivity index (χ2n) is 6.12. The minimum absolute atomic E-state index is 0.201. The molecule has 1 nitrogen and oxygen atoms in total. The Morgan fingerprint density at radius 3 is 2.04 bits per heavy atom. The van der Waals surface area contributed by atoms with E-state index in [1.54, 1.807) is 0 Å². The number of allylic oxidation sites excluding steroid dienone is 2. The molecule has 1 heteroatoms. The first kappa shape index (κ1) is 17.2. The largest absolute Gasteiger partial charge is 0.321 e. The van der Waals surface area contributed by atoms with Gasteiger partial charge < -0.3 is 5.73 Å². The van der Waals surface area contributed by atoms with Crippen molar-refractivity contribution >= 4 is 12.2 Å². The van der Waals surface area contributed by atoms with Crippen LogP contribution in [0.3, 0.4) is 0 Å². The normalized spacial score (nSPS) is 12.3. The highest BCUT2D eigenvalue weighted by Crippen LogP contribution is 2.25. The summed E-state index contributed by atoms with van der Waals surface area (Å²) in [5.74, 6) is 0. The zero-order valence-electron chi connectivity index (χ0n) is 14.4. The Morgan fingerprint density at radius 1 is 0.870 bits per heavy atom. The summed E-state index contributed by atoms with van der Waals surface area (Å²) in [5.41, 5.74) is 11.2. The average molecular weight is 305 g/mol. The van der Waals surface area contributed by atoms with E-state index in [9.17, 15) is 0 Å². The minimum Gasteiger partial charge on any atom is -0.321 e. The molecule has 0 heterocycles. The van der Waals surface area contributed by atoms with Crippen LogP contribution in [0.4, 0.5) is 0 Å². The zero-order valence-corrected chi connectivity index (χ0v) is 14.4. The molecule has 0 aliphatic rings. The molecular formula is C22H27N. The topological polar surface area (TPSA) is 26.0 Å². The molecule has 120 valence electrons. The fraction of sp³-hybridized carbons (Fsp3) is 0.273. The van der Waals surface area contributed by atoms with Crippen LogP contribution in [0.1, 0.15) is 48.9 Å². The SMILES string of the molecule is CCC(N)(CC)c1ccc(/C=C/C=C/c2cccc(C)c2)cc1. The van der Waals surface area contributed by atoms with Crippen molar-refractivity contribution in [1.29, 1.82) is 0 Å². The highest BCUT2D eigenvalue weighted by atomic mass is 14.7. The maximum atomic E-state index is 6.44. The maximum absolute atomic E-state index is 6.44. The van der Waals surface area contributed by atoms with E-state index in [1.807, 2.05) is 0 Å². The third-order valence-electron chi connectivity index (χ3n) is 4.48. The molecule has 2 N–H and O–H groups in total. The van der Waals surface area contributed by atoms with Crippen molar-refractivity contribution in [2.75, 3.05) is 0 Å². The fourth-order valence-electron chi connectivity index (χ4n) is 2.69. The summed E-state index contributed by atoms with van der Waals surface area (Å²) in [6, 6.07) is 17.1. The van der Waals surface area contributed by atoms with Crippen molar-refractivity contribution in [3.8, 4) is 0 Å². The van der Waals surface area contributed by atoms with Crippen molar-refractivity contribution in [3.05, 3.63) is 82.9 Å². The maximum Gasteiger partial charge on any atom is 0.0404 e. The molecular weight excluding hydrogens is 278 g/mol. The van der Waals surface area contributed by atoms with E-state index in [-0.39, 0.29) is 5.54 Å². The first-order valence-electron chi connectivity index (χ1n) is 8.38. The van der Waals surface area contributed by atoms with E-state index in [4.69, 9.17) is 5.73 Å². The van der Waals surface area contributed by atoms with Gasteiger partial charge in [-0.1, -0.05) is 92.2 Å². The van der Waals surface area contributed by atoms with Gasteiger partial charge in [0.05, 0.1) is 0 Å². The summed E-state index contributed by atoms with van der Waals surface area (Å²) in [6.07, 6.45) is 10.3. The van der Waals surface area contributed by atoms with Crippen LogP contribution in [-0.2, 0) is 5.54 Å². The van der Waals surface area contributed by atoms with Gasteiger partial charge in [-0.25, -0.2) is 0 Å². The molecule has 0 saturated carbocycles. The Labute approximate surface area is 140 Å². The number of nitrogens with two attached hydrogens (primary N) is 1. The monoisotopic (exact) mass is 305 g/mol. The Kier molecular flexibility index (Phi) is 5.95. The van der Waals surface area contributed by atoms with Crippen LogP contribution in [0.5, 0.6) is 0 Å².